The van der Waals surface area contributed by atoms with Crippen LogP contribution in [0.4, 0.5) is 0 Å². The average Bonchev–Trinajstić information content (AvgIpc) is 2.35. The molecule has 0 aliphatic rings. The molecular formula is C13H13NO3S. The van der Waals surface area contributed by atoms with Gasteiger partial charge in [-0.25, -0.2) is 8.42 Å². The molecule has 0 fully saturated rings. The van der Waals surface area contributed by atoms with E-state index in [9.17, 15) is 8.42 Å². The third-order valence-electron chi connectivity index (χ3n) is 2.15. The van der Waals surface area contributed by atoms with Gasteiger partial charge in [0.25, 0.3) is 0 Å². The van der Waals surface area contributed by atoms with Crippen LogP contribution in [0.5, 0.6) is 5.75 Å². The van der Waals surface area contributed by atoms with Crippen LogP contribution in [0.3, 0.4) is 0 Å². The number of benzene rings is 1. The fraction of sp³-hybridized carbons (Fsp3) is 0.308. The number of nitriles is 1. The van der Waals surface area contributed by atoms with Gasteiger partial charge in [0.15, 0.2) is 9.84 Å². The van der Waals surface area contributed by atoms with Gasteiger partial charge in [0.2, 0.25) is 0 Å². The highest BCUT2D eigenvalue weighted by atomic mass is 32.2. The van der Waals surface area contributed by atoms with Crippen molar-refractivity contribution < 1.29 is 13.2 Å². The summed E-state index contributed by atoms with van der Waals surface area (Å²) in [7, 11) is -3.54. The number of nitrogens with zero attached hydrogens (tertiary/aromatic N) is 1. The zero-order valence-electron chi connectivity index (χ0n) is 9.80. The Morgan fingerprint density at radius 2 is 2.17 bits per heavy atom. The molecule has 18 heavy (non-hydrogen) atoms. The lowest BCUT2D eigenvalue weighted by atomic mass is 10.3. The molecule has 0 aliphatic carbocycles. The first-order valence-electron chi connectivity index (χ1n) is 5.36. The Balaban J connectivity index is 2.75. The van der Waals surface area contributed by atoms with Gasteiger partial charge in [0, 0.05) is 6.42 Å². The minimum Gasteiger partial charge on any atom is -0.494 e. The van der Waals surface area contributed by atoms with Crippen LogP contribution < -0.4 is 4.74 Å². The third kappa shape index (κ3) is 4.12. The van der Waals surface area contributed by atoms with E-state index < -0.39 is 15.6 Å². The molecular weight excluding hydrogens is 250 g/mol. The Labute approximate surface area is 107 Å². The van der Waals surface area contributed by atoms with Crippen molar-refractivity contribution in [2.45, 2.75) is 17.7 Å². The highest BCUT2D eigenvalue weighted by Gasteiger charge is 2.14. The van der Waals surface area contributed by atoms with Gasteiger partial charge in [-0.1, -0.05) is 6.07 Å². The lowest BCUT2D eigenvalue weighted by Gasteiger charge is -2.06. The maximum atomic E-state index is 11.7. The molecule has 0 amide bonds. The summed E-state index contributed by atoms with van der Waals surface area (Å²) in [5.41, 5.74) is 0. The van der Waals surface area contributed by atoms with Crippen molar-refractivity contribution in [2.24, 2.45) is 0 Å². The first kappa shape index (κ1) is 14.1. The molecule has 94 valence electrons. The van der Waals surface area contributed by atoms with E-state index in [-0.39, 0.29) is 4.90 Å². The average molecular weight is 263 g/mol. The smallest absolute Gasteiger partial charge is 0.191 e. The number of hydrogen-bond acceptors (Lipinski definition) is 4. The second kappa shape index (κ2) is 6.68. The molecule has 0 aliphatic heterocycles. The molecule has 0 saturated heterocycles. The molecule has 1 aromatic carbocycles. The van der Waals surface area contributed by atoms with Crippen LogP contribution in [-0.4, -0.2) is 20.8 Å². The maximum absolute atomic E-state index is 11.7. The summed E-state index contributed by atoms with van der Waals surface area (Å²) >= 11 is 0. The van der Waals surface area contributed by atoms with E-state index in [1.54, 1.807) is 18.2 Å². The molecule has 5 heteroatoms. The van der Waals surface area contributed by atoms with Crippen LogP contribution in [0, 0.1) is 23.7 Å². The predicted molar refractivity (Wildman–Crippen MR) is 67.7 cm³/mol. The van der Waals surface area contributed by atoms with Crippen molar-refractivity contribution in [3.63, 3.8) is 0 Å². The van der Waals surface area contributed by atoms with Crippen LogP contribution in [-0.2, 0) is 9.84 Å². The normalized spacial score (nSPS) is 10.3. The summed E-state index contributed by atoms with van der Waals surface area (Å²) in [4.78, 5) is 0.0958. The van der Waals surface area contributed by atoms with Gasteiger partial charge in [-0.05, 0) is 24.6 Å². The fourth-order valence-electron chi connectivity index (χ4n) is 1.29. The van der Waals surface area contributed by atoms with Crippen molar-refractivity contribution in [3.8, 4) is 24.2 Å². The number of hydrogen-bond donors (Lipinski definition) is 0. The Morgan fingerprint density at radius 1 is 1.39 bits per heavy atom. The highest BCUT2D eigenvalue weighted by Crippen LogP contribution is 2.18. The molecule has 1 rings (SSSR count). The number of terminal acetylenes is 1. The summed E-state index contributed by atoms with van der Waals surface area (Å²) < 4.78 is 28.7. The Hall–Kier alpha value is -1.98. The van der Waals surface area contributed by atoms with E-state index in [2.05, 4.69) is 5.92 Å². The highest BCUT2D eigenvalue weighted by molar-refractivity contribution is 7.91. The first-order valence-corrected chi connectivity index (χ1v) is 7.01. The van der Waals surface area contributed by atoms with Gasteiger partial charge in [0.05, 0.1) is 17.6 Å². The molecule has 0 saturated carbocycles. The van der Waals surface area contributed by atoms with Crippen LogP contribution in [0.2, 0.25) is 0 Å². The Morgan fingerprint density at radius 3 is 2.83 bits per heavy atom. The van der Waals surface area contributed by atoms with Gasteiger partial charge in [-0.2, -0.15) is 5.26 Å². The monoisotopic (exact) mass is 263 g/mol. The predicted octanol–water partition coefficient (Wildman–Crippen LogP) is 1.78. The summed E-state index contributed by atoms with van der Waals surface area (Å²) in [6, 6.07) is 7.75. The van der Waals surface area contributed by atoms with E-state index in [1.807, 2.05) is 0 Å². The van der Waals surface area contributed by atoms with Gasteiger partial charge in [-0.3, -0.25) is 0 Å². The first-order chi connectivity index (χ1) is 8.60. The van der Waals surface area contributed by atoms with E-state index in [0.29, 0.717) is 25.2 Å². The summed E-state index contributed by atoms with van der Waals surface area (Å²) in [6.07, 6.45) is 6.44. The second-order valence-electron chi connectivity index (χ2n) is 3.55. The summed E-state index contributed by atoms with van der Waals surface area (Å²) in [5, 5.41) is 8.45. The molecule has 1 aromatic rings. The van der Waals surface area contributed by atoms with Crippen LogP contribution in [0.15, 0.2) is 29.2 Å². The topological polar surface area (TPSA) is 67.2 Å². The number of unbranched alkanes of at least 4 members (excludes halogenated alkanes) is 1. The van der Waals surface area contributed by atoms with Gasteiger partial charge in [-0.15, -0.1) is 12.3 Å². The van der Waals surface area contributed by atoms with Gasteiger partial charge in [0.1, 0.15) is 11.5 Å². The van der Waals surface area contributed by atoms with E-state index in [1.165, 1.54) is 12.1 Å². The zero-order valence-corrected chi connectivity index (χ0v) is 10.6. The van der Waals surface area contributed by atoms with Crippen LogP contribution in [0.1, 0.15) is 12.8 Å². The zero-order chi connectivity index (χ0) is 13.4. The van der Waals surface area contributed by atoms with E-state index in [0.717, 1.165) is 0 Å². The molecule has 0 unspecified atom stereocenters. The third-order valence-corrected chi connectivity index (χ3v) is 3.63. The quantitative estimate of drug-likeness (QED) is 0.579. The molecule has 0 spiro atoms. The Bertz CT molecular complexity index is 579. The van der Waals surface area contributed by atoms with Crippen LogP contribution in [0.25, 0.3) is 0 Å². The van der Waals surface area contributed by atoms with Crippen molar-refractivity contribution in [1.29, 1.82) is 5.26 Å². The summed E-state index contributed by atoms with van der Waals surface area (Å²) in [5.74, 6) is 2.42. The molecule has 0 radical (unpaired) electrons. The van der Waals surface area contributed by atoms with Crippen LogP contribution >= 0.6 is 0 Å². The summed E-state index contributed by atoms with van der Waals surface area (Å²) in [6.45, 7) is 0.436. The SMILES string of the molecule is C#CCCCOc1cccc(S(=O)(=O)CC#N)c1. The van der Waals surface area contributed by atoms with Crippen molar-refractivity contribution in [3.05, 3.63) is 24.3 Å². The van der Waals surface area contributed by atoms with E-state index >= 15 is 0 Å². The molecule has 0 N–H and O–H groups in total. The van der Waals surface area contributed by atoms with Crippen molar-refractivity contribution in [1.82, 2.24) is 0 Å². The standard InChI is InChI=1S/C13H13NO3S/c1-2-3-4-9-17-12-6-5-7-13(11-12)18(15,16)10-8-14/h1,5-7,11H,3-4,9-10H2. The van der Waals surface area contributed by atoms with Crippen molar-refractivity contribution in [2.75, 3.05) is 12.4 Å². The number of sulfone groups is 1. The lowest BCUT2D eigenvalue weighted by Crippen LogP contribution is -2.05. The molecule has 0 heterocycles. The van der Waals surface area contributed by atoms with Gasteiger partial charge < -0.3 is 4.74 Å². The number of ether oxygens (including phenoxy) is 1. The Kier molecular flexibility index (Phi) is 5.23. The molecule has 0 aromatic heterocycles. The minimum atomic E-state index is -3.54. The largest absolute Gasteiger partial charge is 0.494 e. The van der Waals surface area contributed by atoms with Gasteiger partial charge >= 0.3 is 0 Å². The fourth-order valence-corrected chi connectivity index (χ4v) is 2.21. The molecule has 0 atom stereocenters. The maximum Gasteiger partial charge on any atom is 0.191 e. The molecule has 0 bridgehead atoms. The molecule has 4 nitrogen and oxygen atoms in total. The van der Waals surface area contributed by atoms with E-state index in [4.69, 9.17) is 16.4 Å². The number of rotatable bonds is 6. The lowest BCUT2D eigenvalue weighted by molar-refractivity contribution is 0.312. The second-order valence-corrected chi connectivity index (χ2v) is 5.54. The minimum absolute atomic E-state index is 0.0958. The van der Waals surface area contributed by atoms with Crippen molar-refractivity contribution >= 4 is 9.84 Å².